The van der Waals surface area contributed by atoms with E-state index >= 15 is 0 Å². The number of aromatic amines is 1. The summed E-state index contributed by atoms with van der Waals surface area (Å²) in [5, 5.41) is 0. The minimum absolute atomic E-state index is 0.777. The lowest BCUT2D eigenvalue weighted by Gasteiger charge is -1.99. The zero-order valence-corrected chi connectivity index (χ0v) is 8.91. The molecule has 1 aromatic rings. The molecule has 0 saturated carbocycles. The van der Waals surface area contributed by atoms with Crippen molar-refractivity contribution in [1.29, 1.82) is 0 Å². The van der Waals surface area contributed by atoms with Crippen molar-refractivity contribution in [2.45, 2.75) is 40.0 Å². The van der Waals surface area contributed by atoms with Crippen LogP contribution in [0.15, 0.2) is 0 Å². The van der Waals surface area contributed by atoms with Crippen molar-refractivity contribution in [3.8, 4) is 0 Å². The van der Waals surface area contributed by atoms with Crippen molar-refractivity contribution >= 4 is 0 Å². The van der Waals surface area contributed by atoms with Crippen molar-refractivity contribution in [2.75, 3.05) is 6.54 Å². The van der Waals surface area contributed by atoms with E-state index in [2.05, 4.69) is 25.8 Å². The maximum absolute atomic E-state index is 5.49. The Morgan fingerprint density at radius 2 is 2.00 bits per heavy atom. The zero-order chi connectivity index (χ0) is 9.84. The Bertz CT molecular complexity index is 274. The molecule has 2 nitrogen and oxygen atoms in total. The summed E-state index contributed by atoms with van der Waals surface area (Å²) in [4.78, 5) is 3.44. The number of nitrogens with one attached hydrogen (secondary N) is 1. The normalized spacial score (nSPS) is 10.8. The molecule has 0 saturated heterocycles. The summed E-state index contributed by atoms with van der Waals surface area (Å²) in [6.45, 7) is 7.33. The summed E-state index contributed by atoms with van der Waals surface area (Å²) in [6.07, 6.45) is 3.28. The van der Waals surface area contributed by atoms with E-state index in [1.165, 1.54) is 22.5 Å². The molecule has 1 aromatic heterocycles. The van der Waals surface area contributed by atoms with Crippen molar-refractivity contribution in [2.24, 2.45) is 5.73 Å². The second kappa shape index (κ2) is 4.47. The van der Waals surface area contributed by atoms with E-state index in [-0.39, 0.29) is 0 Å². The van der Waals surface area contributed by atoms with Crippen molar-refractivity contribution < 1.29 is 0 Å². The van der Waals surface area contributed by atoms with Gasteiger partial charge in [-0.1, -0.05) is 6.92 Å². The number of rotatable bonds is 4. The molecule has 0 aliphatic rings. The van der Waals surface area contributed by atoms with E-state index < -0.39 is 0 Å². The SMILES string of the molecule is CCc1c(C)[nH]c(CCCN)c1C. The second-order valence-corrected chi connectivity index (χ2v) is 3.58. The Labute approximate surface area is 80.5 Å². The molecular weight excluding hydrogens is 160 g/mol. The Morgan fingerprint density at radius 3 is 2.46 bits per heavy atom. The third-order valence-corrected chi connectivity index (χ3v) is 2.68. The van der Waals surface area contributed by atoms with Crippen LogP contribution in [0.2, 0.25) is 0 Å². The number of H-pyrrole nitrogens is 1. The fourth-order valence-electron chi connectivity index (χ4n) is 1.92. The van der Waals surface area contributed by atoms with Gasteiger partial charge in [-0.3, -0.25) is 0 Å². The molecule has 0 aliphatic heterocycles. The first-order chi connectivity index (χ1) is 6.20. The van der Waals surface area contributed by atoms with Crippen molar-refractivity contribution in [3.63, 3.8) is 0 Å². The summed E-state index contributed by atoms with van der Waals surface area (Å²) < 4.78 is 0. The van der Waals surface area contributed by atoms with Crippen LogP contribution in [-0.2, 0) is 12.8 Å². The molecule has 0 aliphatic carbocycles. The van der Waals surface area contributed by atoms with Crippen LogP contribution >= 0.6 is 0 Å². The monoisotopic (exact) mass is 180 g/mol. The first kappa shape index (κ1) is 10.3. The summed E-state index contributed by atoms with van der Waals surface area (Å²) in [7, 11) is 0. The van der Waals surface area contributed by atoms with Gasteiger partial charge >= 0.3 is 0 Å². The van der Waals surface area contributed by atoms with E-state index in [9.17, 15) is 0 Å². The van der Waals surface area contributed by atoms with Crippen LogP contribution in [0, 0.1) is 13.8 Å². The largest absolute Gasteiger partial charge is 0.362 e. The smallest absolute Gasteiger partial charge is 0.0182 e. The molecule has 0 atom stereocenters. The van der Waals surface area contributed by atoms with Crippen LogP contribution < -0.4 is 5.73 Å². The maximum atomic E-state index is 5.49. The lowest BCUT2D eigenvalue weighted by molar-refractivity contribution is 0.809. The maximum Gasteiger partial charge on any atom is 0.0182 e. The van der Waals surface area contributed by atoms with Gasteiger partial charge in [0.25, 0.3) is 0 Å². The van der Waals surface area contributed by atoms with Crippen LogP contribution in [0.5, 0.6) is 0 Å². The number of aromatic nitrogens is 1. The third-order valence-electron chi connectivity index (χ3n) is 2.68. The number of nitrogens with two attached hydrogens (primary N) is 1. The molecule has 3 N–H and O–H groups in total. The van der Waals surface area contributed by atoms with Gasteiger partial charge in [-0.05, 0) is 50.8 Å². The lowest BCUT2D eigenvalue weighted by atomic mass is 10.1. The van der Waals surface area contributed by atoms with Crippen molar-refractivity contribution in [3.05, 3.63) is 22.5 Å². The molecule has 2 heteroatoms. The van der Waals surface area contributed by atoms with Gasteiger partial charge in [-0.2, -0.15) is 0 Å². The first-order valence-electron chi connectivity index (χ1n) is 5.07. The zero-order valence-electron chi connectivity index (χ0n) is 8.91. The fourth-order valence-corrected chi connectivity index (χ4v) is 1.92. The topological polar surface area (TPSA) is 41.8 Å². The molecule has 0 radical (unpaired) electrons. The highest BCUT2D eigenvalue weighted by Crippen LogP contribution is 2.19. The van der Waals surface area contributed by atoms with E-state index in [1.54, 1.807) is 0 Å². The quantitative estimate of drug-likeness (QED) is 0.732. The molecule has 1 heterocycles. The highest BCUT2D eigenvalue weighted by atomic mass is 14.7. The molecule has 0 aromatic carbocycles. The average molecular weight is 180 g/mol. The molecule has 0 bridgehead atoms. The van der Waals surface area contributed by atoms with E-state index in [4.69, 9.17) is 5.73 Å². The lowest BCUT2D eigenvalue weighted by Crippen LogP contribution is -2.01. The van der Waals surface area contributed by atoms with E-state index in [1.807, 2.05) is 0 Å². The Kier molecular flexibility index (Phi) is 3.55. The van der Waals surface area contributed by atoms with Gasteiger partial charge in [-0.15, -0.1) is 0 Å². The van der Waals surface area contributed by atoms with Crippen LogP contribution in [-0.4, -0.2) is 11.5 Å². The minimum atomic E-state index is 0.777. The van der Waals surface area contributed by atoms with E-state index in [0.29, 0.717) is 0 Å². The van der Waals surface area contributed by atoms with Crippen LogP contribution in [0.4, 0.5) is 0 Å². The molecule has 0 fully saturated rings. The summed E-state index contributed by atoms with van der Waals surface area (Å²) in [6, 6.07) is 0. The van der Waals surface area contributed by atoms with Gasteiger partial charge in [0, 0.05) is 11.4 Å². The number of hydrogen-bond donors (Lipinski definition) is 2. The highest BCUT2D eigenvalue weighted by molar-refractivity contribution is 5.35. The Balaban J connectivity index is 2.83. The molecule has 0 spiro atoms. The predicted octanol–water partition coefficient (Wildman–Crippen LogP) is 2.09. The first-order valence-corrected chi connectivity index (χ1v) is 5.07. The Hall–Kier alpha value is -0.760. The number of aryl methyl sites for hydroxylation is 2. The summed E-state index contributed by atoms with van der Waals surface area (Å²) >= 11 is 0. The van der Waals surface area contributed by atoms with E-state index in [0.717, 1.165) is 25.8 Å². The predicted molar refractivity (Wildman–Crippen MR) is 57.0 cm³/mol. The highest BCUT2D eigenvalue weighted by Gasteiger charge is 2.08. The molecule has 0 amide bonds. The van der Waals surface area contributed by atoms with Crippen molar-refractivity contribution in [1.82, 2.24) is 4.98 Å². The molecule has 13 heavy (non-hydrogen) atoms. The average Bonchev–Trinajstić information content (AvgIpc) is 2.38. The minimum Gasteiger partial charge on any atom is -0.362 e. The molecule has 0 unspecified atom stereocenters. The fraction of sp³-hybridized carbons (Fsp3) is 0.636. The van der Waals surface area contributed by atoms with Gasteiger partial charge < -0.3 is 10.7 Å². The van der Waals surface area contributed by atoms with Gasteiger partial charge in [-0.25, -0.2) is 0 Å². The molecule has 1 rings (SSSR count). The second-order valence-electron chi connectivity index (χ2n) is 3.58. The van der Waals surface area contributed by atoms with Crippen LogP contribution in [0.1, 0.15) is 35.9 Å². The van der Waals surface area contributed by atoms with Gasteiger partial charge in [0.1, 0.15) is 0 Å². The standard InChI is InChI=1S/C11H20N2/c1-4-10-8(2)11(6-5-7-12)13-9(10)3/h13H,4-7,12H2,1-3H3. The Morgan fingerprint density at radius 1 is 1.31 bits per heavy atom. The summed E-state index contributed by atoms with van der Waals surface area (Å²) in [5.41, 5.74) is 11.1. The third kappa shape index (κ3) is 2.13. The summed E-state index contributed by atoms with van der Waals surface area (Å²) in [5.74, 6) is 0. The van der Waals surface area contributed by atoms with Gasteiger partial charge in [0.15, 0.2) is 0 Å². The van der Waals surface area contributed by atoms with Crippen LogP contribution in [0.3, 0.4) is 0 Å². The van der Waals surface area contributed by atoms with Gasteiger partial charge in [0.2, 0.25) is 0 Å². The number of hydrogen-bond acceptors (Lipinski definition) is 1. The molecule has 74 valence electrons. The molecular formula is C11H20N2. The van der Waals surface area contributed by atoms with Crippen LogP contribution in [0.25, 0.3) is 0 Å². The van der Waals surface area contributed by atoms with Gasteiger partial charge in [0.05, 0.1) is 0 Å².